The second kappa shape index (κ2) is 13.5. The van der Waals surface area contributed by atoms with Crippen molar-refractivity contribution >= 4 is 35.6 Å². The van der Waals surface area contributed by atoms with Crippen molar-refractivity contribution in [2.45, 2.75) is 63.2 Å². The Morgan fingerprint density at radius 3 is 2.00 bits per heavy atom. The number of rotatable bonds is 15. The van der Waals surface area contributed by atoms with Gasteiger partial charge in [-0.05, 0) is 19.8 Å². The molecular formula is C19H29N7O8. The predicted octanol–water partition coefficient (Wildman–Crippen LogP) is -3.03. The first-order valence-corrected chi connectivity index (χ1v) is 10.3. The lowest BCUT2D eigenvalue weighted by Gasteiger charge is -2.24. The molecule has 0 bridgehead atoms. The zero-order chi connectivity index (χ0) is 25.8. The van der Waals surface area contributed by atoms with Crippen molar-refractivity contribution < 1.29 is 39.0 Å². The number of aromatic amines is 1. The number of hydrogen-bond donors (Lipinski definition) is 8. The van der Waals surface area contributed by atoms with E-state index in [-0.39, 0.29) is 19.3 Å². The number of carbonyl (C=O) groups excluding carboxylic acids is 4. The molecule has 0 fully saturated rings. The number of carboxylic acids is 2. The van der Waals surface area contributed by atoms with Gasteiger partial charge in [0.2, 0.25) is 23.6 Å². The van der Waals surface area contributed by atoms with E-state index < -0.39 is 72.6 Å². The molecule has 0 saturated heterocycles. The van der Waals surface area contributed by atoms with E-state index in [1.807, 2.05) is 0 Å². The number of nitrogens with zero attached hydrogens (tertiary/aromatic N) is 1. The number of carbonyl (C=O) groups is 6. The van der Waals surface area contributed by atoms with Crippen molar-refractivity contribution in [3.8, 4) is 0 Å². The molecule has 0 saturated carbocycles. The van der Waals surface area contributed by atoms with Crippen LogP contribution < -0.4 is 27.4 Å². The van der Waals surface area contributed by atoms with Crippen LogP contribution in [0.1, 0.15) is 38.3 Å². The molecule has 1 heterocycles. The summed E-state index contributed by atoms with van der Waals surface area (Å²) in [5.74, 6) is -5.93. The quantitative estimate of drug-likeness (QED) is 0.125. The van der Waals surface area contributed by atoms with Crippen molar-refractivity contribution in [2.75, 3.05) is 0 Å². The molecule has 0 radical (unpaired) electrons. The number of aromatic nitrogens is 2. The Morgan fingerprint density at radius 1 is 0.941 bits per heavy atom. The number of primary amides is 1. The van der Waals surface area contributed by atoms with Gasteiger partial charge in [0.1, 0.15) is 18.1 Å². The number of H-pyrrole nitrogens is 1. The van der Waals surface area contributed by atoms with E-state index in [0.29, 0.717) is 5.69 Å². The number of nitrogens with two attached hydrogens (primary N) is 2. The molecule has 4 atom stereocenters. The van der Waals surface area contributed by atoms with Gasteiger partial charge >= 0.3 is 11.9 Å². The van der Waals surface area contributed by atoms with Crippen LogP contribution in [0.25, 0.3) is 0 Å². The van der Waals surface area contributed by atoms with Gasteiger partial charge in [-0.25, -0.2) is 9.78 Å². The van der Waals surface area contributed by atoms with Crippen LogP contribution in [0.2, 0.25) is 0 Å². The van der Waals surface area contributed by atoms with Gasteiger partial charge < -0.3 is 42.6 Å². The van der Waals surface area contributed by atoms with Crippen LogP contribution in [-0.4, -0.2) is 79.9 Å². The normalized spacial score (nSPS) is 14.2. The van der Waals surface area contributed by atoms with Gasteiger partial charge in [-0.3, -0.25) is 24.0 Å². The molecule has 4 unspecified atom stereocenters. The molecule has 1 aromatic heterocycles. The van der Waals surface area contributed by atoms with E-state index in [4.69, 9.17) is 16.6 Å². The number of nitrogens with one attached hydrogen (secondary N) is 4. The third-order valence-electron chi connectivity index (χ3n) is 4.60. The fourth-order valence-electron chi connectivity index (χ4n) is 2.75. The van der Waals surface area contributed by atoms with E-state index in [1.54, 1.807) is 0 Å². The zero-order valence-electron chi connectivity index (χ0n) is 18.4. The smallest absolute Gasteiger partial charge is 0.326 e. The first kappa shape index (κ1) is 28.0. The predicted molar refractivity (Wildman–Crippen MR) is 115 cm³/mol. The minimum Gasteiger partial charge on any atom is -0.481 e. The summed E-state index contributed by atoms with van der Waals surface area (Å²) in [6.07, 6.45) is 1.24. The van der Waals surface area contributed by atoms with E-state index in [0.717, 1.165) is 0 Å². The molecule has 34 heavy (non-hydrogen) atoms. The Labute approximate surface area is 194 Å². The molecule has 0 aromatic carbocycles. The molecule has 0 aliphatic heterocycles. The summed E-state index contributed by atoms with van der Waals surface area (Å²) in [6.45, 7) is 1.41. The highest BCUT2D eigenvalue weighted by Gasteiger charge is 2.30. The Balaban J connectivity index is 3.03. The first-order valence-electron chi connectivity index (χ1n) is 10.3. The van der Waals surface area contributed by atoms with Gasteiger partial charge in [0.05, 0.1) is 12.4 Å². The first-order chi connectivity index (χ1) is 15.9. The summed E-state index contributed by atoms with van der Waals surface area (Å²) in [5.41, 5.74) is 11.2. The Morgan fingerprint density at radius 2 is 1.50 bits per heavy atom. The summed E-state index contributed by atoms with van der Waals surface area (Å²) < 4.78 is 0. The topological polar surface area (TPSA) is 260 Å². The van der Waals surface area contributed by atoms with Crippen LogP contribution in [-0.2, 0) is 35.2 Å². The monoisotopic (exact) mass is 483 g/mol. The number of imidazole rings is 1. The number of carboxylic acid groups (broad SMARTS) is 2. The molecule has 0 aliphatic rings. The Hall–Kier alpha value is -4.01. The van der Waals surface area contributed by atoms with Crippen molar-refractivity contribution in [1.29, 1.82) is 0 Å². The maximum absolute atomic E-state index is 12.9. The van der Waals surface area contributed by atoms with Crippen molar-refractivity contribution in [3.05, 3.63) is 18.2 Å². The van der Waals surface area contributed by atoms with Crippen molar-refractivity contribution in [2.24, 2.45) is 11.5 Å². The van der Waals surface area contributed by atoms with E-state index in [2.05, 4.69) is 25.9 Å². The van der Waals surface area contributed by atoms with Gasteiger partial charge in [0, 0.05) is 31.2 Å². The number of aliphatic carboxylic acids is 2. The minimum absolute atomic E-state index is 0.0369. The minimum atomic E-state index is -1.55. The SMILES string of the molecule is CC(N)C(=O)NC(Cc1cnc[nH]1)C(=O)NC(CCC(N)=O)C(=O)NC(CCC(=O)O)C(=O)O. The van der Waals surface area contributed by atoms with Crippen LogP contribution in [0.4, 0.5) is 0 Å². The molecule has 15 nitrogen and oxygen atoms in total. The van der Waals surface area contributed by atoms with E-state index >= 15 is 0 Å². The molecule has 10 N–H and O–H groups in total. The molecular weight excluding hydrogens is 454 g/mol. The Kier molecular flexibility index (Phi) is 11.1. The lowest BCUT2D eigenvalue weighted by atomic mass is 10.1. The lowest BCUT2D eigenvalue weighted by Crippen LogP contribution is -2.57. The second-order valence-electron chi connectivity index (χ2n) is 7.53. The van der Waals surface area contributed by atoms with Crippen LogP contribution in [0.5, 0.6) is 0 Å². The maximum Gasteiger partial charge on any atom is 0.326 e. The fourth-order valence-corrected chi connectivity index (χ4v) is 2.75. The van der Waals surface area contributed by atoms with Gasteiger partial charge in [-0.2, -0.15) is 0 Å². The molecule has 4 amide bonds. The van der Waals surface area contributed by atoms with Crippen molar-refractivity contribution in [3.63, 3.8) is 0 Å². The maximum atomic E-state index is 12.9. The van der Waals surface area contributed by atoms with Crippen LogP contribution >= 0.6 is 0 Å². The molecule has 1 aromatic rings. The number of amides is 4. The van der Waals surface area contributed by atoms with Gasteiger partial charge in [0.15, 0.2) is 0 Å². The summed E-state index contributed by atoms with van der Waals surface area (Å²) in [5, 5.41) is 25.0. The van der Waals surface area contributed by atoms with Gasteiger partial charge in [0.25, 0.3) is 0 Å². The largest absolute Gasteiger partial charge is 0.481 e. The fraction of sp³-hybridized carbons (Fsp3) is 0.526. The second-order valence-corrected chi connectivity index (χ2v) is 7.53. The summed E-state index contributed by atoms with van der Waals surface area (Å²) in [7, 11) is 0. The van der Waals surface area contributed by atoms with Crippen LogP contribution in [0, 0.1) is 0 Å². The molecule has 0 spiro atoms. The standard InChI is InChI=1S/C19H29N7O8/c1-9(20)16(30)26-13(6-10-7-22-8-23-10)18(32)24-11(2-4-14(21)27)17(31)25-12(19(33)34)3-5-15(28)29/h7-9,11-13H,2-6,20H2,1H3,(H2,21,27)(H,22,23)(H,24,32)(H,25,31)(H,26,30)(H,28,29)(H,33,34). The molecule has 15 heteroatoms. The Bertz CT molecular complexity index is 887. The van der Waals surface area contributed by atoms with Crippen molar-refractivity contribution in [1.82, 2.24) is 25.9 Å². The van der Waals surface area contributed by atoms with Crippen LogP contribution in [0.3, 0.4) is 0 Å². The molecule has 1 rings (SSSR count). The average Bonchev–Trinajstić information content (AvgIpc) is 3.25. The summed E-state index contributed by atoms with van der Waals surface area (Å²) in [4.78, 5) is 77.7. The van der Waals surface area contributed by atoms with Gasteiger partial charge in [-0.1, -0.05) is 0 Å². The van der Waals surface area contributed by atoms with Gasteiger partial charge in [-0.15, -0.1) is 0 Å². The molecule has 0 aliphatic carbocycles. The van der Waals surface area contributed by atoms with E-state index in [9.17, 15) is 33.9 Å². The summed E-state index contributed by atoms with van der Waals surface area (Å²) in [6, 6.07) is -5.07. The molecule has 188 valence electrons. The van der Waals surface area contributed by atoms with E-state index in [1.165, 1.54) is 19.4 Å². The lowest BCUT2D eigenvalue weighted by molar-refractivity contribution is -0.143. The highest BCUT2D eigenvalue weighted by Crippen LogP contribution is 2.05. The highest BCUT2D eigenvalue weighted by molar-refractivity contribution is 5.94. The number of hydrogen-bond acceptors (Lipinski definition) is 8. The highest BCUT2D eigenvalue weighted by atomic mass is 16.4. The average molecular weight is 483 g/mol. The van der Waals surface area contributed by atoms with Crippen LogP contribution in [0.15, 0.2) is 12.5 Å². The third kappa shape index (κ3) is 10.1. The third-order valence-corrected chi connectivity index (χ3v) is 4.60. The zero-order valence-corrected chi connectivity index (χ0v) is 18.4. The summed E-state index contributed by atoms with van der Waals surface area (Å²) >= 11 is 0.